The molecule has 2 aliphatic heterocycles. The maximum Gasteiger partial charge on any atom is 0.315 e. The minimum absolute atomic E-state index is 0.0978. The standard InChI is InChI=1S/C20H25N5O3S/c1-14-2-4-15(5-3-14)25-18(16-12-29-13-17(16)22-25)21-19(27)20(28)24-8-6-23(7-9-24)10-11-26/h2-5,26H,6-13H2,1H3,(H,21,27). The molecule has 3 heterocycles. The van der Waals surface area contributed by atoms with E-state index in [1.165, 1.54) is 0 Å². The van der Waals surface area contributed by atoms with Crippen LogP contribution in [0.3, 0.4) is 0 Å². The molecule has 2 aromatic rings. The van der Waals surface area contributed by atoms with Crippen LogP contribution in [0.25, 0.3) is 5.69 Å². The Morgan fingerprint density at radius 3 is 2.55 bits per heavy atom. The van der Waals surface area contributed by atoms with Crippen molar-refractivity contribution in [3.63, 3.8) is 0 Å². The van der Waals surface area contributed by atoms with Crippen LogP contribution in [0.15, 0.2) is 24.3 Å². The van der Waals surface area contributed by atoms with E-state index in [0.717, 1.165) is 34.0 Å². The molecule has 1 saturated heterocycles. The highest BCUT2D eigenvalue weighted by atomic mass is 32.2. The summed E-state index contributed by atoms with van der Waals surface area (Å²) in [6.07, 6.45) is 0. The van der Waals surface area contributed by atoms with E-state index in [1.807, 2.05) is 31.2 Å². The van der Waals surface area contributed by atoms with Crippen LogP contribution in [0.5, 0.6) is 0 Å². The molecule has 0 bridgehead atoms. The number of hydrogen-bond donors (Lipinski definition) is 2. The van der Waals surface area contributed by atoms with Gasteiger partial charge in [-0.1, -0.05) is 17.7 Å². The van der Waals surface area contributed by atoms with E-state index >= 15 is 0 Å². The minimum Gasteiger partial charge on any atom is -0.395 e. The van der Waals surface area contributed by atoms with E-state index in [2.05, 4.69) is 15.3 Å². The number of aliphatic hydroxyl groups is 1. The van der Waals surface area contributed by atoms with Crippen LogP contribution in [-0.2, 0) is 21.1 Å². The molecule has 1 aromatic heterocycles. The smallest absolute Gasteiger partial charge is 0.315 e. The number of rotatable bonds is 4. The molecule has 1 aromatic carbocycles. The highest BCUT2D eigenvalue weighted by molar-refractivity contribution is 7.98. The zero-order valence-electron chi connectivity index (χ0n) is 16.4. The number of piperazine rings is 1. The average molecular weight is 416 g/mol. The molecule has 9 heteroatoms. The average Bonchev–Trinajstić information content (AvgIpc) is 3.31. The molecule has 154 valence electrons. The second kappa shape index (κ2) is 8.56. The van der Waals surface area contributed by atoms with Gasteiger partial charge in [0.25, 0.3) is 0 Å². The van der Waals surface area contributed by atoms with E-state index in [1.54, 1.807) is 21.3 Å². The lowest BCUT2D eigenvalue weighted by Crippen LogP contribution is -2.52. The van der Waals surface area contributed by atoms with Crippen LogP contribution < -0.4 is 5.32 Å². The van der Waals surface area contributed by atoms with Crippen molar-refractivity contribution >= 4 is 29.4 Å². The molecule has 8 nitrogen and oxygen atoms in total. The Morgan fingerprint density at radius 1 is 1.14 bits per heavy atom. The first kappa shape index (κ1) is 19.9. The lowest BCUT2D eigenvalue weighted by molar-refractivity contribution is -0.144. The van der Waals surface area contributed by atoms with Crippen molar-refractivity contribution in [1.82, 2.24) is 19.6 Å². The van der Waals surface area contributed by atoms with Crippen molar-refractivity contribution in [3.8, 4) is 5.69 Å². The molecular weight excluding hydrogens is 390 g/mol. The molecule has 0 saturated carbocycles. The number of carbonyl (C=O) groups is 2. The quantitative estimate of drug-likeness (QED) is 0.724. The van der Waals surface area contributed by atoms with Crippen LogP contribution in [0.4, 0.5) is 5.82 Å². The number of nitrogens with zero attached hydrogens (tertiary/aromatic N) is 4. The molecule has 2 N–H and O–H groups in total. The summed E-state index contributed by atoms with van der Waals surface area (Å²) >= 11 is 1.75. The summed E-state index contributed by atoms with van der Waals surface area (Å²) in [7, 11) is 0. The third kappa shape index (κ3) is 4.17. The van der Waals surface area contributed by atoms with Crippen LogP contribution in [-0.4, -0.2) is 75.8 Å². The third-order valence-electron chi connectivity index (χ3n) is 5.33. The number of aromatic nitrogens is 2. The number of β-amino-alcohol motifs (C(OH)–C–C–N with tert-alkyl or cyclic N) is 1. The molecule has 0 unspecified atom stereocenters. The first-order valence-electron chi connectivity index (χ1n) is 9.76. The zero-order chi connectivity index (χ0) is 20.4. The molecular formula is C20H25N5O3S. The fourth-order valence-corrected chi connectivity index (χ4v) is 4.67. The third-order valence-corrected chi connectivity index (χ3v) is 6.30. The Bertz CT molecular complexity index is 904. The van der Waals surface area contributed by atoms with Crippen LogP contribution >= 0.6 is 11.8 Å². The van der Waals surface area contributed by atoms with E-state index < -0.39 is 11.8 Å². The van der Waals surface area contributed by atoms with E-state index in [9.17, 15) is 9.59 Å². The maximum absolute atomic E-state index is 12.8. The number of aryl methyl sites for hydroxylation is 1. The highest BCUT2D eigenvalue weighted by Gasteiger charge is 2.30. The second-order valence-electron chi connectivity index (χ2n) is 7.33. The van der Waals surface area contributed by atoms with Gasteiger partial charge >= 0.3 is 11.8 Å². The number of aliphatic hydroxyl groups excluding tert-OH is 1. The second-order valence-corrected chi connectivity index (χ2v) is 8.31. The van der Waals surface area contributed by atoms with Gasteiger partial charge in [0.05, 0.1) is 18.0 Å². The molecule has 0 atom stereocenters. The van der Waals surface area contributed by atoms with Gasteiger partial charge in [-0.05, 0) is 19.1 Å². The Labute approximate surface area is 173 Å². The van der Waals surface area contributed by atoms with Gasteiger partial charge < -0.3 is 15.3 Å². The van der Waals surface area contributed by atoms with Crippen molar-refractivity contribution in [2.24, 2.45) is 0 Å². The van der Waals surface area contributed by atoms with Gasteiger partial charge in [-0.3, -0.25) is 14.5 Å². The monoisotopic (exact) mass is 415 g/mol. The van der Waals surface area contributed by atoms with Gasteiger partial charge in [0.15, 0.2) is 0 Å². The van der Waals surface area contributed by atoms with Crippen molar-refractivity contribution in [1.29, 1.82) is 0 Å². The van der Waals surface area contributed by atoms with Gasteiger partial charge in [0.1, 0.15) is 5.82 Å². The summed E-state index contributed by atoms with van der Waals surface area (Å²) in [4.78, 5) is 29.1. The summed E-state index contributed by atoms with van der Waals surface area (Å²) in [5.74, 6) is 1.01. The first-order valence-corrected chi connectivity index (χ1v) is 10.9. The number of carbonyl (C=O) groups excluding carboxylic acids is 2. The summed E-state index contributed by atoms with van der Waals surface area (Å²) in [5, 5.41) is 16.6. The van der Waals surface area contributed by atoms with Gasteiger partial charge in [-0.2, -0.15) is 16.9 Å². The summed E-state index contributed by atoms with van der Waals surface area (Å²) in [6.45, 7) is 4.99. The first-order chi connectivity index (χ1) is 14.1. The molecule has 2 aliphatic rings. The van der Waals surface area contributed by atoms with E-state index in [0.29, 0.717) is 38.5 Å². The normalized spacial score (nSPS) is 16.7. The van der Waals surface area contributed by atoms with E-state index in [-0.39, 0.29) is 6.61 Å². The molecule has 29 heavy (non-hydrogen) atoms. The Kier molecular flexibility index (Phi) is 5.89. The molecule has 2 amide bonds. The van der Waals surface area contributed by atoms with Crippen LogP contribution in [0.2, 0.25) is 0 Å². The SMILES string of the molecule is Cc1ccc(-n2nc3c(c2NC(=O)C(=O)N2CCN(CCO)CC2)CSC3)cc1. The molecule has 1 fully saturated rings. The van der Waals surface area contributed by atoms with Crippen molar-refractivity contribution in [2.45, 2.75) is 18.4 Å². The van der Waals surface area contributed by atoms with Gasteiger partial charge in [0.2, 0.25) is 0 Å². The zero-order valence-corrected chi connectivity index (χ0v) is 17.2. The number of amides is 2. The number of hydrogen-bond acceptors (Lipinski definition) is 6. The predicted molar refractivity (Wildman–Crippen MR) is 112 cm³/mol. The Morgan fingerprint density at radius 2 is 1.86 bits per heavy atom. The number of thioether (sulfide) groups is 1. The molecule has 0 aliphatic carbocycles. The van der Waals surface area contributed by atoms with Crippen LogP contribution in [0.1, 0.15) is 16.8 Å². The minimum atomic E-state index is -0.631. The largest absolute Gasteiger partial charge is 0.395 e. The van der Waals surface area contributed by atoms with Gasteiger partial charge in [-0.25, -0.2) is 4.68 Å². The Hall–Kier alpha value is -2.36. The lowest BCUT2D eigenvalue weighted by Gasteiger charge is -2.33. The van der Waals surface area contributed by atoms with E-state index in [4.69, 9.17) is 5.11 Å². The fourth-order valence-electron chi connectivity index (χ4n) is 3.63. The fraction of sp³-hybridized carbons (Fsp3) is 0.450. The number of nitrogens with one attached hydrogen (secondary N) is 1. The summed E-state index contributed by atoms with van der Waals surface area (Å²) < 4.78 is 1.73. The maximum atomic E-state index is 12.8. The van der Waals surface area contributed by atoms with Crippen molar-refractivity contribution in [3.05, 3.63) is 41.1 Å². The molecule has 4 rings (SSSR count). The topological polar surface area (TPSA) is 90.7 Å². The van der Waals surface area contributed by atoms with Crippen LogP contribution in [0, 0.1) is 6.92 Å². The number of fused-ring (bicyclic) bond motifs is 1. The molecule has 0 spiro atoms. The van der Waals surface area contributed by atoms with Gasteiger partial charge in [0, 0.05) is 49.8 Å². The lowest BCUT2D eigenvalue weighted by atomic mass is 10.2. The van der Waals surface area contributed by atoms with Crippen molar-refractivity contribution in [2.75, 3.05) is 44.6 Å². The molecule has 0 radical (unpaired) electrons. The van der Waals surface area contributed by atoms with Gasteiger partial charge in [-0.15, -0.1) is 0 Å². The number of benzene rings is 1. The predicted octanol–water partition coefficient (Wildman–Crippen LogP) is 1.00. The van der Waals surface area contributed by atoms with Crippen molar-refractivity contribution < 1.29 is 14.7 Å². The number of anilines is 1. The highest BCUT2D eigenvalue weighted by Crippen LogP contribution is 2.36. The summed E-state index contributed by atoms with van der Waals surface area (Å²) in [5.41, 5.74) is 3.95. The summed E-state index contributed by atoms with van der Waals surface area (Å²) in [6, 6.07) is 7.92. The Balaban J connectivity index is 1.51.